The van der Waals surface area contributed by atoms with E-state index in [0.29, 0.717) is 23.4 Å². The molecule has 3 aromatic rings. The summed E-state index contributed by atoms with van der Waals surface area (Å²) in [5, 5.41) is 8.34. The van der Waals surface area contributed by atoms with Crippen molar-refractivity contribution in [3.63, 3.8) is 0 Å². The fourth-order valence-electron chi connectivity index (χ4n) is 3.03. The number of hydrogen-bond acceptors (Lipinski definition) is 5. The zero-order chi connectivity index (χ0) is 24.2. The maximum absolute atomic E-state index is 12.3. The molecule has 0 aromatic heterocycles. The topological polar surface area (TPSA) is 96.5 Å². The Balaban J connectivity index is 1.38. The van der Waals surface area contributed by atoms with E-state index in [9.17, 15) is 14.4 Å². The normalized spacial score (nSPS) is 10.1. The van der Waals surface area contributed by atoms with Crippen LogP contribution >= 0.6 is 12.2 Å². The van der Waals surface area contributed by atoms with Gasteiger partial charge in [-0.15, -0.1) is 0 Å². The predicted molar refractivity (Wildman–Crippen MR) is 136 cm³/mol. The number of nitrogens with one attached hydrogen (secondary N) is 3. The van der Waals surface area contributed by atoms with E-state index in [-0.39, 0.29) is 30.5 Å². The third-order valence-electron chi connectivity index (χ3n) is 4.72. The number of carbonyl (C=O) groups is 3. The van der Waals surface area contributed by atoms with Crippen molar-refractivity contribution in [3.8, 4) is 0 Å². The monoisotopic (exact) mass is 475 g/mol. The van der Waals surface area contributed by atoms with E-state index >= 15 is 0 Å². The summed E-state index contributed by atoms with van der Waals surface area (Å²) in [4.78, 5) is 36.3. The van der Waals surface area contributed by atoms with Crippen LogP contribution in [0.15, 0.2) is 84.9 Å². The highest BCUT2D eigenvalue weighted by Crippen LogP contribution is 2.16. The number of carbonyl (C=O) groups excluding carboxylic acids is 3. The van der Waals surface area contributed by atoms with E-state index in [2.05, 4.69) is 16.0 Å². The molecule has 0 aliphatic carbocycles. The van der Waals surface area contributed by atoms with Gasteiger partial charge in [-0.05, 0) is 48.1 Å². The van der Waals surface area contributed by atoms with Gasteiger partial charge in [-0.25, -0.2) is 0 Å². The maximum Gasteiger partial charge on any atom is 0.306 e. The Morgan fingerprint density at radius 2 is 1.41 bits per heavy atom. The number of amides is 2. The van der Waals surface area contributed by atoms with Crippen molar-refractivity contribution in [2.75, 3.05) is 17.2 Å². The largest absolute Gasteiger partial charge is 0.465 e. The number of ether oxygens (including phenoxy) is 1. The van der Waals surface area contributed by atoms with Gasteiger partial charge in [0.05, 0.1) is 13.0 Å². The fourth-order valence-corrected chi connectivity index (χ4v) is 3.27. The lowest BCUT2D eigenvalue weighted by molar-refractivity contribution is -0.144. The zero-order valence-electron chi connectivity index (χ0n) is 18.5. The predicted octanol–water partition coefficient (Wildman–Crippen LogP) is 4.32. The Hall–Kier alpha value is -4.04. The fraction of sp³-hybridized carbons (Fsp3) is 0.154. The third-order valence-corrected chi connectivity index (χ3v) is 4.92. The summed E-state index contributed by atoms with van der Waals surface area (Å²) >= 11 is 5.18. The quantitative estimate of drug-likeness (QED) is 0.315. The number of esters is 1. The second-order valence-electron chi connectivity index (χ2n) is 7.36. The number of hydrogen-bond donors (Lipinski definition) is 3. The van der Waals surface area contributed by atoms with Crippen LogP contribution in [-0.2, 0) is 20.7 Å². The molecular weight excluding hydrogens is 450 g/mol. The Kier molecular flexibility index (Phi) is 9.30. The molecule has 3 rings (SSSR count). The molecule has 0 heterocycles. The molecule has 174 valence electrons. The van der Waals surface area contributed by atoms with E-state index in [1.54, 1.807) is 48.5 Å². The molecule has 0 aliphatic heterocycles. The van der Waals surface area contributed by atoms with Gasteiger partial charge in [0.1, 0.15) is 0 Å². The molecule has 2 amide bonds. The summed E-state index contributed by atoms with van der Waals surface area (Å²) in [6, 6.07) is 25.5. The summed E-state index contributed by atoms with van der Waals surface area (Å²) in [6.07, 6.45) is 0.543. The molecule has 0 saturated heterocycles. The molecule has 0 bridgehead atoms. The first-order valence-corrected chi connectivity index (χ1v) is 11.2. The summed E-state index contributed by atoms with van der Waals surface area (Å²) in [5.41, 5.74) is 2.79. The summed E-state index contributed by atoms with van der Waals surface area (Å²) < 4.78 is 5.17. The van der Waals surface area contributed by atoms with Crippen LogP contribution < -0.4 is 16.0 Å². The second-order valence-corrected chi connectivity index (χ2v) is 7.77. The summed E-state index contributed by atoms with van der Waals surface area (Å²) in [5.74, 6) is -1.07. The van der Waals surface area contributed by atoms with Crippen LogP contribution in [0.1, 0.15) is 28.8 Å². The van der Waals surface area contributed by atoms with Crippen molar-refractivity contribution in [3.05, 3.63) is 96.1 Å². The van der Waals surface area contributed by atoms with Gasteiger partial charge in [0.2, 0.25) is 5.91 Å². The van der Waals surface area contributed by atoms with Crippen molar-refractivity contribution < 1.29 is 19.1 Å². The Bertz CT molecular complexity index is 1140. The first-order chi connectivity index (χ1) is 16.5. The van der Waals surface area contributed by atoms with Crippen molar-refractivity contribution in [1.82, 2.24) is 5.32 Å². The highest BCUT2D eigenvalue weighted by Gasteiger charge is 2.11. The van der Waals surface area contributed by atoms with Gasteiger partial charge in [-0.1, -0.05) is 54.6 Å². The Labute approximate surface area is 203 Å². The number of benzene rings is 3. The lowest BCUT2D eigenvalue weighted by Crippen LogP contribution is -2.34. The summed E-state index contributed by atoms with van der Waals surface area (Å²) in [6.45, 7) is 0.265. The molecular formula is C26H25N3O4S. The number of anilines is 2. The molecule has 0 unspecified atom stereocenters. The molecule has 34 heavy (non-hydrogen) atoms. The van der Waals surface area contributed by atoms with E-state index in [4.69, 9.17) is 17.0 Å². The van der Waals surface area contributed by atoms with E-state index in [0.717, 1.165) is 5.56 Å². The Morgan fingerprint density at radius 1 is 0.765 bits per heavy atom. The van der Waals surface area contributed by atoms with Gasteiger partial charge in [-0.2, -0.15) is 0 Å². The average molecular weight is 476 g/mol. The van der Waals surface area contributed by atoms with Crippen molar-refractivity contribution in [2.45, 2.75) is 19.3 Å². The number of thiocarbonyl (C=S) groups is 1. The van der Waals surface area contributed by atoms with E-state index < -0.39 is 11.9 Å². The molecule has 0 atom stereocenters. The molecule has 7 nitrogen and oxygen atoms in total. The Morgan fingerprint density at radius 3 is 2.12 bits per heavy atom. The zero-order valence-corrected chi connectivity index (χ0v) is 19.3. The van der Waals surface area contributed by atoms with Crippen LogP contribution in [0.2, 0.25) is 0 Å². The first kappa shape index (κ1) is 24.6. The molecule has 0 fully saturated rings. The molecule has 3 N–H and O–H groups in total. The van der Waals surface area contributed by atoms with Crippen molar-refractivity contribution >= 4 is 46.5 Å². The van der Waals surface area contributed by atoms with Gasteiger partial charge in [0.15, 0.2) is 5.11 Å². The summed E-state index contributed by atoms with van der Waals surface area (Å²) in [7, 11) is 0. The molecule has 0 saturated carbocycles. The standard InChI is InChI=1S/C26H25N3O4S/c30-23(14-15-24(31)33-17-16-19-8-3-1-4-9-19)29-26(34)28-22-13-7-12-21(18-22)27-25(32)20-10-5-2-6-11-20/h1-13,18H,14-17H2,(H,27,32)(H2,28,29,30,34). The SMILES string of the molecule is O=C(CCC(=O)OCCc1ccccc1)NC(=S)Nc1cccc(NC(=O)c2ccccc2)c1. The van der Waals surface area contributed by atoms with Crippen molar-refractivity contribution in [2.24, 2.45) is 0 Å². The highest BCUT2D eigenvalue weighted by molar-refractivity contribution is 7.80. The van der Waals surface area contributed by atoms with Gasteiger partial charge in [0.25, 0.3) is 5.91 Å². The van der Waals surface area contributed by atoms with Gasteiger partial charge in [-0.3, -0.25) is 14.4 Å². The van der Waals surface area contributed by atoms with Crippen LogP contribution in [0.5, 0.6) is 0 Å². The molecule has 0 spiro atoms. The van der Waals surface area contributed by atoms with Crippen molar-refractivity contribution in [1.29, 1.82) is 0 Å². The maximum atomic E-state index is 12.3. The van der Waals surface area contributed by atoms with Gasteiger partial charge < -0.3 is 20.7 Å². The van der Waals surface area contributed by atoms with Crippen LogP contribution in [0.3, 0.4) is 0 Å². The number of rotatable bonds is 9. The average Bonchev–Trinajstić information content (AvgIpc) is 2.84. The van der Waals surface area contributed by atoms with Gasteiger partial charge in [0, 0.05) is 29.8 Å². The second kappa shape index (κ2) is 12.9. The van der Waals surface area contributed by atoms with E-state index in [1.807, 2.05) is 36.4 Å². The first-order valence-electron chi connectivity index (χ1n) is 10.8. The minimum absolute atomic E-state index is 0.0375. The van der Waals surface area contributed by atoms with E-state index in [1.165, 1.54) is 0 Å². The molecule has 0 aliphatic rings. The minimum atomic E-state index is -0.438. The van der Waals surface area contributed by atoms with Crippen LogP contribution in [-0.4, -0.2) is 29.5 Å². The third kappa shape index (κ3) is 8.48. The molecule has 0 radical (unpaired) electrons. The van der Waals surface area contributed by atoms with Crippen LogP contribution in [0, 0.1) is 0 Å². The molecule has 3 aromatic carbocycles. The van der Waals surface area contributed by atoms with Crippen LogP contribution in [0.4, 0.5) is 11.4 Å². The lowest BCUT2D eigenvalue weighted by atomic mass is 10.2. The lowest BCUT2D eigenvalue weighted by Gasteiger charge is -2.11. The van der Waals surface area contributed by atoms with Gasteiger partial charge >= 0.3 is 5.97 Å². The van der Waals surface area contributed by atoms with Crippen LogP contribution in [0.25, 0.3) is 0 Å². The smallest absolute Gasteiger partial charge is 0.306 e. The minimum Gasteiger partial charge on any atom is -0.465 e. The molecule has 8 heteroatoms. The highest BCUT2D eigenvalue weighted by atomic mass is 32.1.